The lowest BCUT2D eigenvalue weighted by atomic mass is 10.1. The summed E-state index contributed by atoms with van der Waals surface area (Å²) in [6.45, 7) is 0. The lowest BCUT2D eigenvalue weighted by Gasteiger charge is -2.03. The van der Waals surface area contributed by atoms with Gasteiger partial charge in [-0.05, 0) is 6.07 Å². The van der Waals surface area contributed by atoms with Gasteiger partial charge in [0.25, 0.3) is 5.69 Å². The Morgan fingerprint density at radius 3 is 2.69 bits per heavy atom. The molecule has 1 aromatic carbocycles. The van der Waals surface area contributed by atoms with Gasteiger partial charge < -0.3 is 4.74 Å². The van der Waals surface area contributed by atoms with Crippen LogP contribution in [-0.2, 0) is 4.74 Å². The van der Waals surface area contributed by atoms with Gasteiger partial charge in [0.1, 0.15) is 6.07 Å². The molecule has 0 bridgehead atoms. The fourth-order valence-electron chi connectivity index (χ4n) is 1.10. The van der Waals surface area contributed by atoms with Gasteiger partial charge in [-0.15, -0.1) is 0 Å². The lowest BCUT2D eigenvalue weighted by Crippen LogP contribution is -2.09. The molecule has 0 unspecified atom stereocenters. The van der Waals surface area contributed by atoms with E-state index < -0.39 is 33.5 Å². The van der Waals surface area contributed by atoms with Crippen molar-refractivity contribution in [2.45, 2.75) is 0 Å². The van der Waals surface area contributed by atoms with E-state index in [1.807, 2.05) is 0 Å². The molecule has 0 radical (unpaired) electrons. The second-order valence-corrected chi connectivity index (χ2v) is 2.68. The average molecular weight is 224 g/mol. The van der Waals surface area contributed by atoms with Crippen molar-refractivity contribution in [1.82, 2.24) is 0 Å². The molecule has 0 aliphatic rings. The number of nitrogens with zero attached hydrogens (tertiary/aromatic N) is 2. The number of rotatable bonds is 2. The number of carbonyl (C=O) groups is 1. The van der Waals surface area contributed by atoms with E-state index in [0.29, 0.717) is 0 Å². The second kappa shape index (κ2) is 4.35. The molecular formula is C9H5FN2O4. The van der Waals surface area contributed by atoms with Crippen LogP contribution in [0.25, 0.3) is 0 Å². The van der Waals surface area contributed by atoms with Crippen molar-refractivity contribution >= 4 is 11.7 Å². The molecule has 0 aliphatic heterocycles. The topological polar surface area (TPSA) is 93.2 Å². The average Bonchev–Trinajstić information content (AvgIpc) is 2.27. The van der Waals surface area contributed by atoms with Gasteiger partial charge in [0, 0.05) is 6.07 Å². The van der Waals surface area contributed by atoms with Crippen LogP contribution in [0.3, 0.4) is 0 Å². The fraction of sp³-hybridized carbons (Fsp3) is 0.111. The normalized spacial score (nSPS) is 9.31. The van der Waals surface area contributed by atoms with Crippen LogP contribution in [0.5, 0.6) is 0 Å². The summed E-state index contributed by atoms with van der Waals surface area (Å²) in [4.78, 5) is 20.8. The highest BCUT2D eigenvalue weighted by Crippen LogP contribution is 2.24. The molecule has 0 atom stereocenters. The molecule has 0 fully saturated rings. The Morgan fingerprint density at radius 1 is 1.62 bits per heavy atom. The zero-order valence-corrected chi connectivity index (χ0v) is 8.06. The number of hydrogen-bond donors (Lipinski definition) is 0. The Kier molecular flexibility index (Phi) is 3.15. The van der Waals surface area contributed by atoms with Gasteiger partial charge in [0.2, 0.25) is 0 Å². The number of ether oxygens (including phenoxy) is 1. The molecule has 1 aromatic rings. The molecule has 0 heterocycles. The number of benzene rings is 1. The second-order valence-electron chi connectivity index (χ2n) is 2.68. The van der Waals surface area contributed by atoms with Crippen molar-refractivity contribution in [3.8, 4) is 6.07 Å². The Morgan fingerprint density at radius 2 is 2.25 bits per heavy atom. The molecule has 1 rings (SSSR count). The highest BCUT2D eigenvalue weighted by atomic mass is 19.1. The number of nitro groups is 1. The van der Waals surface area contributed by atoms with Crippen LogP contribution in [0.15, 0.2) is 12.1 Å². The van der Waals surface area contributed by atoms with Crippen LogP contribution < -0.4 is 0 Å². The molecule has 16 heavy (non-hydrogen) atoms. The third-order valence-corrected chi connectivity index (χ3v) is 1.83. The van der Waals surface area contributed by atoms with Crippen LogP contribution in [0.1, 0.15) is 15.9 Å². The summed E-state index contributed by atoms with van der Waals surface area (Å²) in [7, 11) is 0.963. The summed E-state index contributed by atoms with van der Waals surface area (Å²) in [6, 6.07) is 3.29. The van der Waals surface area contributed by atoms with Crippen LogP contribution in [0, 0.1) is 27.3 Å². The standard InChI is InChI=1S/C9H5FN2O4/c1-16-9(13)7-6(12(14)15)3-2-5(4-11)8(7)10/h2-3H,1H3. The SMILES string of the molecule is COC(=O)c1c([N+](=O)[O-])ccc(C#N)c1F. The van der Waals surface area contributed by atoms with Crippen molar-refractivity contribution in [3.63, 3.8) is 0 Å². The van der Waals surface area contributed by atoms with E-state index in [4.69, 9.17) is 5.26 Å². The Labute approximate surface area is 89.0 Å². The number of carbonyl (C=O) groups excluding carboxylic acids is 1. The number of esters is 1. The largest absolute Gasteiger partial charge is 0.465 e. The maximum absolute atomic E-state index is 13.5. The first kappa shape index (κ1) is 11.6. The molecular weight excluding hydrogens is 219 g/mol. The number of nitro benzene ring substituents is 1. The summed E-state index contributed by atoms with van der Waals surface area (Å²) in [5.41, 5.74) is -2.03. The maximum Gasteiger partial charge on any atom is 0.347 e. The molecule has 7 heteroatoms. The van der Waals surface area contributed by atoms with Crippen molar-refractivity contribution in [1.29, 1.82) is 5.26 Å². The first-order valence-electron chi connectivity index (χ1n) is 3.98. The predicted octanol–water partition coefficient (Wildman–Crippen LogP) is 1.39. The molecule has 82 valence electrons. The van der Waals surface area contributed by atoms with E-state index in [1.54, 1.807) is 0 Å². The Hall–Kier alpha value is -2.49. The monoisotopic (exact) mass is 224 g/mol. The Bertz CT molecular complexity index is 507. The summed E-state index contributed by atoms with van der Waals surface area (Å²) in [5, 5.41) is 19.1. The van der Waals surface area contributed by atoms with Gasteiger partial charge in [-0.2, -0.15) is 5.26 Å². The quantitative estimate of drug-likeness (QED) is 0.430. The van der Waals surface area contributed by atoms with E-state index in [-0.39, 0.29) is 0 Å². The molecule has 0 aliphatic carbocycles. The minimum atomic E-state index is -1.25. The summed E-state index contributed by atoms with van der Waals surface area (Å²) >= 11 is 0. The minimum absolute atomic E-state index is 0.453. The van der Waals surface area contributed by atoms with Gasteiger partial charge in [0.15, 0.2) is 11.4 Å². The molecule has 0 spiro atoms. The van der Waals surface area contributed by atoms with Crippen molar-refractivity contribution in [2.75, 3.05) is 7.11 Å². The fourth-order valence-corrected chi connectivity index (χ4v) is 1.10. The number of nitriles is 1. The molecule has 0 saturated heterocycles. The highest BCUT2D eigenvalue weighted by molar-refractivity contribution is 5.94. The number of hydrogen-bond acceptors (Lipinski definition) is 5. The van der Waals surface area contributed by atoms with Gasteiger partial charge in [-0.3, -0.25) is 10.1 Å². The predicted molar refractivity (Wildman–Crippen MR) is 49.1 cm³/mol. The summed E-state index contributed by atoms with van der Waals surface area (Å²) < 4.78 is 17.7. The van der Waals surface area contributed by atoms with E-state index in [2.05, 4.69) is 4.74 Å². The van der Waals surface area contributed by atoms with E-state index >= 15 is 0 Å². The van der Waals surface area contributed by atoms with Gasteiger partial charge in [-0.1, -0.05) is 0 Å². The van der Waals surface area contributed by atoms with Crippen LogP contribution >= 0.6 is 0 Å². The molecule has 0 saturated carbocycles. The Balaban J connectivity index is 3.56. The van der Waals surface area contributed by atoms with E-state index in [0.717, 1.165) is 19.2 Å². The third-order valence-electron chi connectivity index (χ3n) is 1.83. The van der Waals surface area contributed by atoms with Crippen LogP contribution in [0.2, 0.25) is 0 Å². The van der Waals surface area contributed by atoms with E-state index in [1.165, 1.54) is 6.07 Å². The highest BCUT2D eigenvalue weighted by Gasteiger charge is 2.27. The first-order valence-corrected chi connectivity index (χ1v) is 3.98. The summed E-state index contributed by atoms with van der Waals surface area (Å²) in [6.07, 6.45) is 0. The van der Waals surface area contributed by atoms with Crippen LogP contribution in [-0.4, -0.2) is 18.0 Å². The number of halogens is 1. The molecule has 0 amide bonds. The van der Waals surface area contributed by atoms with Crippen molar-refractivity contribution in [2.24, 2.45) is 0 Å². The van der Waals surface area contributed by atoms with Gasteiger partial charge in [0.05, 0.1) is 17.6 Å². The smallest absolute Gasteiger partial charge is 0.347 e. The van der Waals surface area contributed by atoms with Gasteiger partial charge >= 0.3 is 5.97 Å². The zero-order valence-electron chi connectivity index (χ0n) is 8.06. The van der Waals surface area contributed by atoms with E-state index in [9.17, 15) is 19.3 Å². The lowest BCUT2D eigenvalue weighted by molar-refractivity contribution is -0.385. The molecule has 0 aromatic heterocycles. The van der Waals surface area contributed by atoms with Crippen molar-refractivity contribution < 1.29 is 18.8 Å². The maximum atomic E-state index is 13.5. The van der Waals surface area contributed by atoms with Gasteiger partial charge in [-0.25, -0.2) is 9.18 Å². The third kappa shape index (κ3) is 1.81. The summed E-state index contributed by atoms with van der Waals surface area (Å²) in [5.74, 6) is -2.44. The first-order chi connectivity index (χ1) is 7.52. The zero-order chi connectivity index (χ0) is 12.3. The minimum Gasteiger partial charge on any atom is -0.465 e. The van der Waals surface area contributed by atoms with Crippen molar-refractivity contribution in [3.05, 3.63) is 39.2 Å². The molecule has 6 nitrogen and oxygen atoms in total. The number of methoxy groups -OCH3 is 1. The van der Waals surface area contributed by atoms with Crippen LogP contribution in [0.4, 0.5) is 10.1 Å². The molecule has 0 N–H and O–H groups in total.